The molecule has 0 aromatic heterocycles. The second kappa shape index (κ2) is 25.8. The van der Waals surface area contributed by atoms with Gasteiger partial charge in [-0.15, -0.1) is 0 Å². The van der Waals surface area contributed by atoms with Crippen molar-refractivity contribution in [1.29, 1.82) is 0 Å². The number of benzene rings is 5. The molecule has 176 valence electrons. The van der Waals surface area contributed by atoms with Gasteiger partial charge in [-0.2, -0.15) is 0 Å². The van der Waals surface area contributed by atoms with Gasteiger partial charge in [0.1, 0.15) is 0 Å². The van der Waals surface area contributed by atoms with E-state index in [0.717, 1.165) is 6.42 Å². The van der Waals surface area contributed by atoms with Crippen LogP contribution in [-0.2, 0) is 0 Å². The van der Waals surface area contributed by atoms with Crippen LogP contribution in [-0.4, -0.2) is 0 Å². The number of hydrogen-bond acceptors (Lipinski definition) is 0. The summed E-state index contributed by atoms with van der Waals surface area (Å²) in [6, 6.07) is 60.0. The van der Waals surface area contributed by atoms with Crippen LogP contribution in [0.1, 0.15) is 6.42 Å². The average Bonchev–Trinajstić information content (AvgIpc) is 3.60. The molecule has 6 rings (SSSR count). The molecule has 0 amide bonds. The Hall–Kier alpha value is -4.42. The van der Waals surface area contributed by atoms with Crippen LogP contribution < -0.4 is 0 Å². The van der Waals surface area contributed by atoms with Crippen LogP contribution in [0.25, 0.3) is 0 Å². The van der Waals surface area contributed by atoms with E-state index in [4.69, 9.17) is 0 Å². The molecule has 0 bridgehead atoms. The predicted octanol–water partition coefficient (Wildman–Crippen LogP) is 9.94. The van der Waals surface area contributed by atoms with Crippen LogP contribution in [0.3, 0.4) is 0 Å². The van der Waals surface area contributed by atoms with Crippen molar-refractivity contribution in [1.82, 2.24) is 0 Å². The number of allylic oxidation sites excluding steroid dienone is 4. The van der Waals surface area contributed by atoms with Crippen LogP contribution in [0.15, 0.2) is 206 Å². The highest BCUT2D eigenvalue weighted by Crippen LogP contribution is 1.93. The summed E-state index contributed by atoms with van der Waals surface area (Å²) in [6.45, 7) is 0. The van der Waals surface area contributed by atoms with E-state index in [2.05, 4.69) is 24.3 Å². The van der Waals surface area contributed by atoms with Crippen molar-refractivity contribution < 1.29 is 0 Å². The molecule has 0 spiro atoms. The zero-order chi connectivity index (χ0) is 24.7. The third kappa shape index (κ3) is 24.1. The summed E-state index contributed by atoms with van der Waals surface area (Å²) in [7, 11) is 0. The Bertz CT molecular complexity index is 697. The summed E-state index contributed by atoms with van der Waals surface area (Å²) >= 11 is 0. The molecule has 0 atom stereocenters. The van der Waals surface area contributed by atoms with E-state index >= 15 is 0 Å². The Morgan fingerprint density at radius 1 is 0.171 bits per heavy atom. The van der Waals surface area contributed by atoms with E-state index in [0.29, 0.717) is 0 Å². The van der Waals surface area contributed by atoms with E-state index in [1.165, 1.54) is 0 Å². The lowest BCUT2D eigenvalue weighted by atomic mass is 10.4. The van der Waals surface area contributed by atoms with Crippen molar-refractivity contribution in [2.24, 2.45) is 0 Å². The van der Waals surface area contributed by atoms with Gasteiger partial charge in [-0.1, -0.05) is 206 Å². The second-order valence-electron chi connectivity index (χ2n) is 6.87. The lowest BCUT2D eigenvalue weighted by molar-refractivity contribution is 1.45. The molecule has 0 fully saturated rings. The van der Waals surface area contributed by atoms with Gasteiger partial charge in [-0.3, -0.25) is 0 Å². The fourth-order valence-corrected chi connectivity index (χ4v) is 2.32. The Morgan fingerprint density at radius 2 is 0.286 bits per heavy atom. The van der Waals surface area contributed by atoms with Crippen LogP contribution in [0, 0.1) is 0 Å². The Kier molecular flexibility index (Phi) is 21.1. The van der Waals surface area contributed by atoms with Crippen molar-refractivity contribution in [2.75, 3.05) is 0 Å². The summed E-state index contributed by atoms with van der Waals surface area (Å²) in [5.74, 6) is 0. The first-order valence-corrected chi connectivity index (χ1v) is 11.8. The van der Waals surface area contributed by atoms with Gasteiger partial charge in [0.25, 0.3) is 0 Å². The van der Waals surface area contributed by atoms with Crippen molar-refractivity contribution in [3.63, 3.8) is 0 Å². The molecule has 0 unspecified atom stereocenters. The minimum absolute atomic E-state index is 1.14. The van der Waals surface area contributed by atoms with Crippen LogP contribution >= 0.6 is 0 Å². The predicted molar refractivity (Wildman–Crippen MR) is 155 cm³/mol. The van der Waals surface area contributed by atoms with E-state index < -0.39 is 0 Å². The third-order valence-corrected chi connectivity index (χ3v) is 3.99. The highest BCUT2D eigenvalue weighted by atomic mass is 13.8. The maximum atomic E-state index is 2.12. The lowest BCUT2D eigenvalue weighted by Gasteiger charge is -1.69. The molecular formula is C35H36. The Labute approximate surface area is 212 Å². The molecule has 5 aromatic carbocycles. The number of rotatable bonds is 0. The highest BCUT2D eigenvalue weighted by molar-refractivity contribution is 5.12. The molecule has 0 heteroatoms. The Balaban J connectivity index is 0.000000210. The Morgan fingerprint density at radius 3 is 0.343 bits per heavy atom. The van der Waals surface area contributed by atoms with Gasteiger partial charge in [0.05, 0.1) is 0 Å². The van der Waals surface area contributed by atoms with Gasteiger partial charge >= 0.3 is 0 Å². The summed E-state index contributed by atoms with van der Waals surface area (Å²) in [5, 5.41) is 0. The van der Waals surface area contributed by atoms with Crippen molar-refractivity contribution in [2.45, 2.75) is 6.42 Å². The molecule has 0 nitrogen and oxygen atoms in total. The first-order valence-electron chi connectivity index (χ1n) is 11.8. The monoisotopic (exact) mass is 456 g/mol. The van der Waals surface area contributed by atoms with Crippen molar-refractivity contribution in [3.8, 4) is 0 Å². The third-order valence-electron chi connectivity index (χ3n) is 3.99. The van der Waals surface area contributed by atoms with E-state index in [1.807, 2.05) is 182 Å². The molecule has 1 aliphatic rings. The van der Waals surface area contributed by atoms with Gasteiger partial charge in [-0.05, 0) is 6.42 Å². The molecule has 0 saturated carbocycles. The average molecular weight is 457 g/mol. The van der Waals surface area contributed by atoms with Gasteiger partial charge in [0, 0.05) is 0 Å². The maximum Gasteiger partial charge on any atom is -0.0163 e. The summed E-state index contributed by atoms with van der Waals surface area (Å²) in [4.78, 5) is 0. The molecule has 0 aliphatic heterocycles. The quantitative estimate of drug-likeness (QED) is 0.217. The molecule has 0 N–H and O–H groups in total. The van der Waals surface area contributed by atoms with Crippen LogP contribution in [0.2, 0.25) is 0 Å². The molecule has 0 heterocycles. The number of hydrogen-bond donors (Lipinski definition) is 0. The highest BCUT2D eigenvalue weighted by Gasteiger charge is 1.72. The van der Waals surface area contributed by atoms with Gasteiger partial charge in [-0.25, -0.2) is 0 Å². The van der Waals surface area contributed by atoms with E-state index in [-0.39, 0.29) is 0 Å². The normalized spacial score (nSPS) is 9.37. The van der Waals surface area contributed by atoms with Crippen LogP contribution in [0.5, 0.6) is 0 Å². The fraction of sp³-hybridized carbons (Fsp3) is 0.0286. The smallest absolute Gasteiger partial charge is 0.0163 e. The molecule has 0 saturated heterocycles. The first-order chi connectivity index (χ1) is 17.5. The standard InChI is InChI=1S/5C6H6.C5H6/c5*1-2-4-6-5-3-1;1-2-4-5-3-1/h5*1-6H;1-4H,5H2. The van der Waals surface area contributed by atoms with Crippen LogP contribution in [0.4, 0.5) is 0 Å². The molecule has 1 aliphatic carbocycles. The minimum atomic E-state index is 1.14. The SMILES string of the molecule is C1=CCC=C1.c1ccccc1.c1ccccc1.c1ccccc1.c1ccccc1.c1ccccc1. The summed E-state index contributed by atoms with van der Waals surface area (Å²) in [5.41, 5.74) is 0. The minimum Gasteiger partial charge on any atom is -0.0808 e. The summed E-state index contributed by atoms with van der Waals surface area (Å²) in [6.07, 6.45) is 9.50. The lowest BCUT2D eigenvalue weighted by Crippen LogP contribution is -1.47. The van der Waals surface area contributed by atoms with Gasteiger partial charge in [0.2, 0.25) is 0 Å². The van der Waals surface area contributed by atoms with E-state index in [1.54, 1.807) is 0 Å². The fourth-order valence-electron chi connectivity index (χ4n) is 2.32. The zero-order valence-corrected chi connectivity index (χ0v) is 20.3. The van der Waals surface area contributed by atoms with Gasteiger partial charge in [0.15, 0.2) is 0 Å². The largest absolute Gasteiger partial charge is 0.0808 e. The van der Waals surface area contributed by atoms with Gasteiger partial charge < -0.3 is 0 Å². The van der Waals surface area contributed by atoms with Crippen molar-refractivity contribution >= 4 is 0 Å². The molecule has 5 aromatic rings. The topological polar surface area (TPSA) is 0 Å². The first kappa shape index (κ1) is 28.6. The zero-order valence-electron chi connectivity index (χ0n) is 20.3. The van der Waals surface area contributed by atoms with E-state index in [9.17, 15) is 0 Å². The molecule has 35 heavy (non-hydrogen) atoms. The summed E-state index contributed by atoms with van der Waals surface area (Å²) < 4.78 is 0. The van der Waals surface area contributed by atoms with Crippen molar-refractivity contribution in [3.05, 3.63) is 206 Å². The maximum absolute atomic E-state index is 2.12. The second-order valence-corrected chi connectivity index (χ2v) is 6.87. The molecular weight excluding hydrogens is 420 g/mol. The molecule has 0 radical (unpaired) electrons.